The van der Waals surface area contributed by atoms with Crippen LogP contribution in [-0.2, 0) is 17.4 Å². The van der Waals surface area contributed by atoms with E-state index in [1.54, 1.807) is 23.0 Å². The molecule has 0 aliphatic rings. The van der Waals surface area contributed by atoms with Gasteiger partial charge in [-0.3, -0.25) is 9.78 Å². The van der Waals surface area contributed by atoms with Crippen LogP contribution in [0.15, 0.2) is 55.1 Å². The first-order valence-corrected chi connectivity index (χ1v) is 7.47. The predicted octanol–water partition coefficient (Wildman–Crippen LogP) is 3.66. The van der Waals surface area contributed by atoms with E-state index in [1.807, 2.05) is 0 Å². The van der Waals surface area contributed by atoms with Crippen LogP contribution in [0.25, 0.3) is 5.82 Å². The van der Waals surface area contributed by atoms with Gasteiger partial charge in [0.05, 0.1) is 30.1 Å². The van der Waals surface area contributed by atoms with Gasteiger partial charge in [0.25, 0.3) is 0 Å². The summed E-state index contributed by atoms with van der Waals surface area (Å²) in [5.41, 5.74) is -0.373. The van der Waals surface area contributed by atoms with Crippen molar-refractivity contribution in [1.82, 2.24) is 14.5 Å². The third kappa shape index (κ3) is 4.00. The van der Waals surface area contributed by atoms with Crippen LogP contribution in [-0.4, -0.2) is 25.6 Å². The molecule has 134 valence electrons. The van der Waals surface area contributed by atoms with Gasteiger partial charge >= 0.3 is 12.1 Å². The van der Waals surface area contributed by atoms with Crippen molar-refractivity contribution >= 4 is 17.5 Å². The number of rotatable bonds is 5. The molecule has 3 aromatic rings. The Morgan fingerprint density at radius 1 is 1.19 bits per heavy atom. The van der Waals surface area contributed by atoms with Gasteiger partial charge < -0.3 is 15.0 Å². The number of anilines is 2. The van der Waals surface area contributed by atoms with Gasteiger partial charge in [0.1, 0.15) is 0 Å². The van der Waals surface area contributed by atoms with E-state index in [-0.39, 0.29) is 17.9 Å². The molecule has 0 fully saturated rings. The van der Waals surface area contributed by atoms with E-state index in [9.17, 15) is 18.0 Å². The molecule has 0 atom stereocenters. The van der Waals surface area contributed by atoms with Gasteiger partial charge in [0.2, 0.25) is 0 Å². The number of carbonyl (C=O) groups is 1. The zero-order valence-corrected chi connectivity index (χ0v) is 13.2. The molecule has 0 saturated heterocycles. The summed E-state index contributed by atoms with van der Waals surface area (Å²) in [4.78, 5) is 18.9. The van der Waals surface area contributed by atoms with Gasteiger partial charge in [0.15, 0.2) is 11.6 Å². The topological polar surface area (TPSA) is 80.0 Å². The number of carboxylic acid groups (broad SMARTS) is 1. The highest BCUT2D eigenvalue weighted by molar-refractivity contribution is 5.70. The molecule has 3 rings (SSSR count). The summed E-state index contributed by atoms with van der Waals surface area (Å²) in [7, 11) is 0. The molecule has 26 heavy (non-hydrogen) atoms. The number of alkyl halides is 3. The van der Waals surface area contributed by atoms with E-state index in [0.29, 0.717) is 11.4 Å². The average molecular weight is 362 g/mol. The maximum Gasteiger partial charge on any atom is 0.418 e. The molecule has 6 nitrogen and oxygen atoms in total. The smallest absolute Gasteiger partial charge is 0.418 e. The van der Waals surface area contributed by atoms with Crippen molar-refractivity contribution in [2.75, 3.05) is 5.32 Å². The fraction of sp³-hybridized carbons (Fsp3) is 0.118. The zero-order chi connectivity index (χ0) is 18.7. The van der Waals surface area contributed by atoms with Crippen LogP contribution in [0.3, 0.4) is 0 Å². The summed E-state index contributed by atoms with van der Waals surface area (Å²) in [5.74, 6) is -0.489. The molecule has 0 amide bonds. The molecule has 0 saturated carbocycles. The van der Waals surface area contributed by atoms with E-state index in [4.69, 9.17) is 5.11 Å². The fourth-order valence-corrected chi connectivity index (χ4v) is 2.38. The van der Waals surface area contributed by atoms with E-state index in [0.717, 1.165) is 6.07 Å². The minimum absolute atomic E-state index is 0.132. The molecule has 0 unspecified atom stereocenters. The first-order valence-electron chi connectivity index (χ1n) is 7.47. The molecular formula is C17H13F3N4O2. The van der Waals surface area contributed by atoms with Crippen LogP contribution in [0.2, 0.25) is 0 Å². The highest BCUT2D eigenvalue weighted by atomic mass is 19.4. The van der Waals surface area contributed by atoms with Crippen LogP contribution in [0.1, 0.15) is 11.1 Å². The largest absolute Gasteiger partial charge is 0.481 e. The number of para-hydroxylation sites is 1. The number of hydrogen-bond acceptors (Lipinski definition) is 4. The monoisotopic (exact) mass is 362 g/mol. The quantitative estimate of drug-likeness (QED) is 0.724. The van der Waals surface area contributed by atoms with Crippen LogP contribution < -0.4 is 5.32 Å². The zero-order valence-electron chi connectivity index (χ0n) is 13.2. The van der Waals surface area contributed by atoms with E-state index in [1.165, 1.54) is 30.6 Å². The molecule has 2 N–H and O–H groups in total. The molecular weight excluding hydrogens is 349 g/mol. The molecule has 0 bridgehead atoms. The maximum absolute atomic E-state index is 13.1. The summed E-state index contributed by atoms with van der Waals surface area (Å²) in [6, 6.07) is 6.69. The maximum atomic E-state index is 13.1. The lowest BCUT2D eigenvalue weighted by atomic mass is 10.1. The van der Waals surface area contributed by atoms with Gasteiger partial charge in [-0.1, -0.05) is 12.1 Å². The van der Waals surface area contributed by atoms with Crippen molar-refractivity contribution in [3.63, 3.8) is 0 Å². The molecule has 0 aliphatic heterocycles. The first kappa shape index (κ1) is 17.5. The van der Waals surface area contributed by atoms with Gasteiger partial charge in [-0.05, 0) is 23.8 Å². The lowest BCUT2D eigenvalue weighted by Gasteiger charge is -2.14. The molecule has 0 aliphatic carbocycles. The standard InChI is InChI=1S/C17H13F3N4O2/c18-17(19,20)12-3-1-2-4-13(12)22-14-8-21-9-15(23-14)24-6-5-11(10-24)7-16(25)26/h1-6,8-10H,7H2,(H,22,23)(H,25,26). The van der Waals surface area contributed by atoms with Crippen LogP contribution >= 0.6 is 0 Å². The first-order chi connectivity index (χ1) is 12.3. The molecule has 9 heteroatoms. The van der Waals surface area contributed by atoms with E-state index >= 15 is 0 Å². The van der Waals surface area contributed by atoms with E-state index in [2.05, 4.69) is 15.3 Å². The molecule has 2 heterocycles. The molecule has 1 aromatic carbocycles. The Kier molecular flexibility index (Phi) is 4.61. The Morgan fingerprint density at radius 3 is 2.69 bits per heavy atom. The lowest BCUT2D eigenvalue weighted by Crippen LogP contribution is -2.09. The van der Waals surface area contributed by atoms with Crippen LogP contribution in [0.4, 0.5) is 24.7 Å². The number of carboxylic acids is 1. The van der Waals surface area contributed by atoms with Crippen molar-refractivity contribution in [3.05, 3.63) is 66.2 Å². The molecule has 2 aromatic heterocycles. The Balaban J connectivity index is 1.87. The summed E-state index contributed by atoms with van der Waals surface area (Å²) >= 11 is 0. The van der Waals surface area contributed by atoms with E-state index < -0.39 is 17.7 Å². The number of nitrogens with one attached hydrogen (secondary N) is 1. The van der Waals surface area contributed by atoms with Crippen molar-refractivity contribution < 1.29 is 23.1 Å². The highest BCUT2D eigenvalue weighted by Crippen LogP contribution is 2.35. The fourth-order valence-electron chi connectivity index (χ4n) is 2.38. The Morgan fingerprint density at radius 2 is 1.96 bits per heavy atom. The third-order valence-electron chi connectivity index (χ3n) is 3.49. The van der Waals surface area contributed by atoms with Crippen molar-refractivity contribution in [3.8, 4) is 5.82 Å². The number of hydrogen-bond donors (Lipinski definition) is 2. The Labute approximate surface area is 146 Å². The van der Waals surface area contributed by atoms with Crippen LogP contribution in [0.5, 0.6) is 0 Å². The predicted molar refractivity (Wildman–Crippen MR) is 87.4 cm³/mol. The SMILES string of the molecule is O=C(O)Cc1ccn(-c2cncc(Nc3ccccc3C(F)(F)F)n2)c1. The second-order valence-electron chi connectivity index (χ2n) is 5.43. The third-order valence-corrected chi connectivity index (χ3v) is 3.49. The van der Waals surface area contributed by atoms with Gasteiger partial charge in [-0.2, -0.15) is 13.2 Å². The number of nitrogens with zero attached hydrogens (tertiary/aromatic N) is 3. The Hall–Kier alpha value is -3.36. The number of aromatic nitrogens is 3. The van der Waals surface area contributed by atoms with Crippen molar-refractivity contribution in [2.24, 2.45) is 0 Å². The summed E-state index contributed by atoms with van der Waals surface area (Å²) < 4.78 is 40.8. The second-order valence-corrected chi connectivity index (χ2v) is 5.43. The van der Waals surface area contributed by atoms with Crippen LogP contribution in [0, 0.1) is 0 Å². The van der Waals surface area contributed by atoms with Gasteiger partial charge in [-0.25, -0.2) is 4.98 Å². The minimum atomic E-state index is -4.50. The number of aliphatic carboxylic acids is 1. The molecule has 0 spiro atoms. The molecule has 0 radical (unpaired) electrons. The van der Waals surface area contributed by atoms with Crippen molar-refractivity contribution in [2.45, 2.75) is 12.6 Å². The summed E-state index contributed by atoms with van der Waals surface area (Å²) in [5, 5.41) is 11.4. The number of benzene rings is 1. The minimum Gasteiger partial charge on any atom is -0.481 e. The summed E-state index contributed by atoms with van der Waals surface area (Å²) in [6.45, 7) is 0. The summed E-state index contributed by atoms with van der Waals surface area (Å²) in [6.07, 6.45) is 1.27. The number of halogens is 3. The average Bonchev–Trinajstić information content (AvgIpc) is 3.02. The Bertz CT molecular complexity index is 938. The van der Waals surface area contributed by atoms with Gasteiger partial charge in [0, 0.05) is 12.4 Å². The lowest BCUT2D eigenvalue weighted by molar-refractivity contribution is -0.137. The highest BCUT2D eigenvalue weighted by Gasteiger charge is 2.33. The second kappa shape index (κ2) is 6.87. The van der Waals surface area contributed by atoms with Crippen molar-refractivity contribution in [1.29, 1.82) is 0 Å². The van der Waals surface area contributed by atoms with Gasteiger partial charge in [-0.15, -0.1) is 0 Å². The normalized spacial score (nSPS) is 11.3.